The molecule has 137 heavy (non-hydrogen) atoms. The summed E-state index contributed by atoms with van der Waals surface area (Å²) in [6, 6.07) is 67.1. The monoisotopic (exact) mass is 2110 g/mol. The van der Waals surface area contributed by atoms with Gasteiger partial charge in [0.15, 0.2) is 0 Å². The van der Waals surface area contributed by atoms with Crippen LogP contribution in [0.15, 0.2) is 222 Å². The van der Waals surface area contributed by atoms with Crippen LogP contribution in [0.5, 0.6) is 0 Å². The second-order valence-corrected chi connectivity index (χ2v) is 37.2. The van der Waals surface area contributed by atoms with Crippen molar-refractivity contribution in [3.05, 3.63) is 212 Å². The van der Waals surface area contributed by atoms with Crippen LogP contribution in [-0.4, -0.2) is 197 Å². The topological polar surface area (TPSA) is 685 Å². The van der Waals surface area contributed by atoms with E-state index < -0.39 is 55.3 Å². The minimum absolute atomic E-state index is 0. The van der Waals surface area contributed by atoms with E-state index in [2.05, 4.69) is 63.6 Å². The Morgan fingerprint density at radius 2 is 0.584 bits per heavy atom. The van der Waals surface area contributed by atoms with Crippen molar-refractivity contribution in [3.63, 3.8) is 0 Å². The third-order valence-electron chi connectivity index (χ3n) is 17.9. The molecule has 9 aromatic carbocycles. The average molecular weight is 2120 g/mol. The number of fused-ring (bicyclic) bond motifs is 40. The summed E-state index contributed by atoms with van der Waals surface area (Å²) in [6.07, 6.45) is 6.62. The number of anilines is 4. The van der Waals surface area contributed by atoms with E-state index in [1.165, 1.54) is 6.07 Å². The van der Waals surface area contributed by atoms with Crippen molar-refractivity contribution in [2.45, 2.75) is 9.79 Å². The second kappa shape index (κ2) is 46.5. The first-order valence-corrected chi connectivity index (χ1v) is 50.2. The Bertz CT molecular complexity index is 7080. The van der Waals surface area contributed by atoms with Crippen molar-refractivity contribution in [1.29, 1.82) is 0 Å². The molecule has 0 saturated carbocycles. The minimum atomic E-state index is -4.52. The Morgan fingerprint density at radius 1 is 0.343 bits per heavy atom. The molecular weight excluding hydrogens is 2040 g/mol. The van der Waals surface area contributed by atoms with Crippen molar-refractivity contribution in [1.82, 2.24) is 99.4 Å². The number of aromatic nitrogens is 19. The number of nitrogens with two attached hydrogens (primary N) is 2. The maximum atomic E-state index is 11.4. The molecule has 56 heteroatoms. The van der Waals surface area contributed by atoms with Gasteiger partial charge in [-0.15, -0.1) is 13.0 Å². The van der Waals surface area contributed by atoms with Gasteiger partial charge in [0.1, 0.15) is 0 Å². The first kappa shape index (κ1) is 105. The molecule has 7 aromatic heterocycles. The molecule has 46 nitrogen and oxygen atoms in total. The fraction of sp³-hybridized carbons (Fsp3) is 0.0988. The van der Waals surface area contributed by atoms with Crippen LogP contribution in [0.3, 0.4) is 0 Å². The summed E-state index contributed by atoms with van der Waals surface area (Å²) in [7, 11) is -18.4. The second-order valence-electron chi connectivity index (χ2n) is 27.7. The number of nitrogen functional groups attached to an aromatic ring is 1. The molecule has 13 N–H and O–H groups in total. The van der Waals surface area contributed by atoms with E-state index in [0.717, 1.165) is 136 Å². The summed E-state index contributed by atoms with van der Waals surface area (Å²) in [5.74, 6) is 4.12. The Hall–Kier alpha value is -12.6. The molecule has 11 heterocycles. The van der Waals surface area contributed by atoms with Gasteiger partial charge in [-0.1, -0.05) is 209 Å². The van der Waals surface area contributed by atoms with Crippen LogP contribution >= 0.6 is 36.1 Å². The van der Waals surface area contributed by atoms with Crippen molar-refractivity contribution >= 4 is 198 Å². The summed E-state index contributed by atoms with van der Waals surface area (Å²) >= 11 is 2.38. The zero-order valence-electron chi connectivity index (χ0n) is 70.9. The van der Waals surface area contributed by atoms with E-state index in [1.807, 2.05) is 194 Å². The van der Waals surface area contributed by atoms with Gasteiger partial charge in [-0.2, -0.15) is 40.2 Å². The smallest absolute Gasteiger partial charge is 0.368 e. The van der Waals surface area contributed by atoms with Gasteiger partial charge in [-0.05, 0) is 61.3 Å². The van der Waals surface area contributed by atoms with Gasteiger partial charge in [-0.25, -0.2) is 62.4 Å². The Labute approximate surface area is 810 Å². The minimum Gasteiger partial charge on any atom is -0.368 e. The molecule has 0 amide bonds. The molecule has 0 atom stereocenters. The fourth-order valence-corrected chi connectivity index (χ4v) is 14.5. The van der Waals surface area contributed by atoms with Gasteiger partial charge in [0.2, 0.25) is 37.9 Å². The zero-order valence-corrected chi connectivity index (χ0v) is 79.3. The van der Waals surface area contributed by atoms with Crippen LogP contribution in [0.4, 0.5) is 23.5 Å². The maximum Gasteiger partial charge on any atom is 2.00 e. The summed E-state index contributed by atoms with van der Waals surface area (Å²) in [4.78, 5) is 90.1. The molecule has 0 aliphatic carbocycles. The van der Waals surface area contributed by atoms with Crippen LogP contribution < -0.4 is 46.2 Å². The normalized spacial score (nSPS) is 11.5. The van der Waals surface area contributed by atoms with Gasteiger partial charge in [0, 0.05) is 139 Å². The van der Waals surface area contributed by atoms with Crippen LogP contribution in [0.1, 0.15) is 0 Å². The number of nitrogens with zero attached hydrogens (tertiary/aromatic N) is 19. The summed E-state index contributed by atoms with van der Waals surface area (Å²) in [6.45, 7) is 0.194. The molecule has 0 unspecified atom stereocenters. The van der Waals surface area contributed by atoms with Crippen molar-refractivity contribution < 1.29 is 134 Å². The van der Waals surface area contributed by atoms with E-state index in [1.54, 1.807) is 12.5 Å². The summed E-state index contributed by atoms with van der Waals surface area (Å²) in [5, 5.41) is 49.7. The van der Waals surface area contributed by atoms with Crippen LogP contribution in [0.25, 0.3) is 179 Å². The molecule has 0 spiro atoms. The molecule has 2 radical (unpaired) electrons. The maximum absolute atomic E-state index is 11.4. The predicted molar refractivity (Wildman–Crippen MR) is 504 cm³/mol. The van der Waals surface area contributed by atoms with Gasteiger partial charge < -0.3 is 76.2 Å². The molecular formula is C81H70Cu2N24O22S8. The molecule has 716 valence electrons. The van der Waals surface area contributed by atoms with E-state index >= 15 is 0 Å². The van der Waals surface area contributed by atoms with E-state index in [4.69, 9.17) is 110 Å². The first-order valence-electron chi connectivity index (χ1n) is 38.2. The molecule has 4 aliphatic rings. The Morgan fingerprint density at radius 3 is 0.803 bits per heavy atom. The van der Waals surface area contributed by atoms with Crippen molar-refractivity contribution in [2.24, 2.45) is 5.14 Å². The van der Waals surface area contributed by atoms with Gasteiger partial charge in [0.05, 0.1) is 99.1 Å². The van der Waals surface area contributed by atoms with E-state index in [0.29, 0.717) is 116 Å². The number of primary sulfonamides is 1. The molecule has 20 rings (SSSR count). The Balaban J connectivity index is 0.000000175. The average Bonchev–Trinajstić information content (AvgIpc) is 1.60. The Kier molecular flexibility index (Phi) is 35.6. The SMILES string of the molecule is CS(=O)(=O)NCCNc1nc(N)nc(Nc2cc(S(=O)(=O)O)ccc2SOOO)n1.CS(=O)(=O)O.CS(=O)(=O)O.CS(N)(=O)=O.CSOOO.CSOOO.[Cu+2].[Cu+2].c1ccc2c(c1)-c1nc-2nc2[n-]c(nc3nc(nc4[n-]c(n1)c1ccccc41)-c1ccccc1-3)c1ccccc21.c1ccc2c(c1)-c1nc-2nc2[n-]c(nc3nc(nc4[n-]c(n1)c1ccccc41)-c1ccccc1-3)c1ccccc21. The summed E-state index contributed by atoms with van der Waals surface area (Å²) in [5.41, 5.74) is 17.3. The van der Waals surface area contributed by atoms with E-state index in [-0.39, 0.29) is 75.7 Å². The molecule has 0 fully saturated rings. The van der Waals surface area contributed by atoms with Crippen molar-refractivity contribution in [3.8, 4) is 91.1 Å². The van der Waals surface area contributed by atoms with Crippen LogP contribution in [-0.2, 0) is 113 Å². The van der Waals surface area contributed by atoms with Crippen LogP contribution in [0.2, 0.25) is 0 Å². The van der Waals surface area contributed by atoms with Crippen molar-refractivity contribution in [2.75, 3.05) is 67.0 Å². The third kappa shape index (κ3) is 28.1. The number of hydrogen-bond donors (Lipinski definition) is 11. The fourth-order valence-electron chi connectivity index (χ4n) is 12.9. The molecule has 16 bridgehead atoms. The standard InChI is InChI=1S/2C32H16N8.C12H17N7O8S3.CH5NO2S.4CH4O3S.2Cu/c2*1-2-10-18-17(9-1)25-33-26(18)38-28-21-13-5-6-14-22(21)30(35-28)40-32-24-16-8-7-15-23(24)31(36-32)39-29-20-12-4-3-11-19(20)27(34-29)37-25;1-29(21,22)15-5-4-14-11-17-10(13)18-12(19-11)16-8-6-7(30(23,24)25)2-3-9(8)28-27-26-20;3*1-5(2,3)4;2*1-5-4-3-2;;/h2*1-16H;2-3,6,15,20H,4-5H2,1H3,(H,23,24,25)(H4,13,14,16,17,18,19);1H3,(H2,2,3,4);2*1H3,(H,2,3,4);2*2H,1H3;;/q2*-2;;;;;;;2*+2. The van der Waals surface area contributed by atoms with Gasteiger partial charge in [-0.3, -0.25) is 13.7 Å². The first-order chi connectivity index (χ1) is 64.4. The van der Waals surface area contributed by atoms with Gasteiger partial charge >= 0.3 is 34.1 Å². The number of benzene rings is 9. The largest absolute Gasteiger partial charge is 2.00 e. The third-order valence-corrected chi connectivity index (χ3v) is 20.6. The van der Waals surface area contributed by atoms with Crippen LogP contribution in [0, 0.1) is 0 Å². The van der Waals surface area contributed by atoms with E-state index in [9.17, 15) is 46.6 Å². The number of rotatable bonds is 15. The molecule has 4 aliphatic heterocycles. The number of nitrogens with one attached hydrogen (secondary N) is 3. The van der Waals surface area contributed by atoms with Gasteiger partial charge in [0.25, 0.3) is 30.4 Å². The quantitative estimate of drug-likeness (QED) is 0.0113. The number of sulfonamides is 2. The summed E-state index contributed by atoms with van der Waals surface area (Å²) < 4.78 is 139. The predicted octanol–water partition coefficient (Wildman–Crippen LogP) is 11.4. The molecule has 16 aromatic rings. The number of hydrogen-bond acceptors (Lipinski definition) is 40. The molecule has 0 saturated heterocycles. The zero-order chi connectivity index (χ0) is 96.5.